The Kier molecular flexibility index (Phi) is 5.91. The molecule has 0 unspecified atom stereocenters. The van der Waals surface area contributed by atoms with E-state index in [9.17, 15) is 5.11 Å². The van der Waals surface area contributed by atoms with Gasteiger partial charge in [0.2, 0.25) is 0 Å². The molecule has 0 saturated carbocycles. The Morgan fingerprint density at radius 1 is 1.17 bits per heavy atom. The van der Waals surface area contributed by atoms with E-state index < -0.39 is 6.10 Å². The van der Waals surface area contributed by atoms with Gasteiger partial charge in [0.15, 0.2) is 0 Å². The number of pyridine rings is 1. The van der Waals surface area contributed by atoms with Gasteiger partial charge in [-0.1, -0.05) is 17.7 Å². The number of H-pyrrole nitrogens is 1. The number of ether oxygens (including phenoxy) is 1. The minimum absolute atomic E-state index is 0.307. The molecule has 0 spiro atoms. The first kappa shape index (κ1) is 17.0. The van der Waals surface area contributed by atoms with E-state index in [1.54, 1.807) is 12.1 Å². The number of aliphatic hydroxyl groups excluding tert-OH is 1. The van der Waals surface area contributed by atoms with Gasteiger partial charge in [-0.15, -0.1) is 0 Å². The predicted molar refractivity (Wildman–Crippen MR) is 93.7 cm³/mol. The lowest BCUT2D eigenvalue weighted by atomic mass is 10.2. The predicted octanol–water partition coefficient (Wildman–Crippen LogP) is 0.299. The van der Waals surface area contributed by atoms with Gasteiger partial charge >= 0.3 is 0 Å². The lowest BCUT2D eigenvalue weighted by Gasteiger charge is -2.29. The number of anilines is 1. The summed E-state index contributed by atoms with van der Waals surface area (Å²) < 4.78 is 5.62. The van der Waals surface area contributed by atoms with Crippen molar-refractivity contribution in [3.63, 3.8) is 0 Å². The van der Waals surface area contributed by atoms with Crippen molar-refractivity contribution >= 4 is 17.4 Å². The molecule has 5 nitrogen and oxygen atoms in total. The molecular formula is C18H24ClN3O2+2. The van der Waals surface area contributed by atoms with Gasteiger partial charge in [-0.25, -0.2) is 4.98 Å². The van der Waals surface area contributed by atoms with E-state index in [-0.39, 0.29) is 0 Å². The highest BCUT2D eigenvalue weighted by molar-refractivity contribution is 6.30. The zero-order valence-electron chi connectivity index (χ0n) is 13.6. The monoisotopic (exact) mass is 349 g/mol. The number of quaternary nitrogens is 1. The molecule has 0 amide bonds. The van der Waals surface area contributed by atoms with Crippen LogP contribution < -0.4 is 19.5 Å². The van der Waals surface area contributed by atoms with E-state index in [0.29, 0.717) is 18.2 Å². The number of piperazine rings is 1. The highest BCUT2D eigenvalue weighted by Crippen LogP contribution is 2.15. The normalized spacial score (nSPS) is 16.8. The number of aliphatic hydroxyl groups is 1. The zero-order chi connectivity index (χ0) is 16.8. The molecular weight excluding hydrogens is 326 g/mol. The largest absolute Gasteiger partial charge is 0.491 e. The third-order valence-electron chi connectivity index (χ3n) is 4.28. The van der Waals surface area contributed by atoms with Crippen molar-refractivity contribution < 1.29 is 19.7 Å². The third kappa shape index (κ3) is 4.84. The molecule has 0 radical (unpaired) electrons. The molecule has 1 saturated heterocycles. The molecule has 2 aromatic rings. The van der Waals surface area contributed by atoms with Crippen molar-refractivity contribution in [3.05, 3.63) is 53.7 Å². The van der Waals surface area contributed by atoms with Gasteiger partial charge in [0.05, 0.1) is 6.20 Å². The van der Waals surface area contributed by atoms with E-state index in [2.05, 4.69) is 16.0 Å². The maximum absolute atomic E-state index is 10.2. The lowest BCUT2D eigenvalue weighted by Crippen LogP contribution is -3.16. The van der Waals surface area contributed by atoms with Crippen molar-refractivity contribution in [2.45, 2.75) is 6.10 Å². The van der Waals surface area contributed by atoms with Crippen LogP contribution in [0.15, 0.2) is 48.7 Å². The summed E-state index contributed by atoms with van der Waals surface area (Å²) in [6, 6.07) is 13.3. The Morgan fingerprint density at radius 2 is 1.92 bits per heavy atom. The highest BCUT2D eigenvalue weighted by Gasteiger charge is 2.27. The summed E-state index contributed by atoms with van der Waals surface area (Å²) in [5.74, 6) is 1.89. The molecule has 24 heavy (non-hydrogen) atoms. The lowest BCUT2D eigenvalue weighted by molar-refractivity contribution is -0.903. The number of nitrogens with one attached hydrogen (secondary N) is 2. The smallest absolute Gasteiger partial charge is 0.274 e. The number of halogens is 1. The second-order valence-electron chi connectivity index (χ2n) is 6.11. The Morgan fingerprint density at radius 3 is 2.58 bits per heavy atom. The van der Waals surface area contributed by atoms with Crippen LogP contribution in [0.1, 0.15) is 0 Å². The number of aromatic amines is 1. The number of hydrogen-bond donors (Lipinski definition) is 2. The summed E-state index contributed by atoms with van der Waals surface area (Å²) in [4.78, 5) is 7.03. The minimum Gasteiger partial charge on any atom is -0.491 e. The maximum Gasteiger partial charge on any atom is 0.274 e. The molecule has 0 bridgehead atoms. The van der Waals surface area contributed by atoms with Crippen LogP contribution in [0.3, 0.4) is 0 Å². The average Bonchev–Trinajstić information content (AvgIpc) is 2.63. The number of hydrogen-bond acceptors (Lipinski definition) is 3. The number of rotatable bonds is 6. The Hall–Kier alpha value is -1.82. The van der Waals surface area contributed by atoms with Gasteiger partial charge in [0.1, 0.15) is 51.2 Å². The van der Waals surface area contributed by atoms with Crippen LogP contribution in [-0.2, 0) is 0 Å². The first-order valence-corrected chi connectivity index (χ1v) is 8.70. The topological polar surface area (TPSA) is 51.3 Å². The molecule has 128 valence electrons. The zero-order valence-corrected chi connectivity index (χ0v) is 14.4. The molecule has 2 heterocycles. The van der Waals surface area contributed by atoms with Crippen LogP contribution in [0.4, 0.5) is 5.82 Å². The van der Waals surface area contributed by atoms with Gasteiger partial charge in [0.25, 0.3) is 5.82 Å². The first-order valence-electron chi connectivity index (χ1n) is 8.32. The van der Waals surface area contributed by atoms with Crippen LogP contribution in [0.25, 0.3) is 0 Å². The number of aromatic nitrogens is 1. The molecule has 0 aliphatic carbocycles. The van der Waals surface area contributed by atoms with Crippen molar-refractivity contribution in [3.8, 4) is 5.75 Å². The van der Waals surface area contributed by atoms with Crippen molar-refractivity contribution in [1.29, 1.82) is 0 Å². The summed E-state index contributed by atoms with van der Waals surface area (Å²) in [6.07, 6.45) is 1.48. The van der Waals surface area contributed by atoms with E-state index in [1.165, 1.54) is 4.90 Å². The summed E-state index contributed by atoms with van der Waals surface area (Å²) in [7, 11) is 0. The van der Waals surface area contributed by atoms with Gasteiger partial charge in [-0.3, -0.25) is 4.90 Å². The minimum atomic E-state index is -0.467. The Labute approximate surface area is 147 Å². The van der Waals surface area contributed by atoms with E-state index >= 15 is 0 Å². The summed E-state index contributed by atoms with van der Waals surface area (Å²) in [6.45, 7) is 5.02. The molecule has 3 N–H and O–H groups in total. The molecule has 1 fully saturated rings. The Bertz CT molecular complexity index is 616. The van der Waals surface area contributed by atoms with Crippen LogP contribution >= 0.6 is 11.6 Å². The third-order valence-corrected chi connectivity index (χ3v) is 4.54. The fraction of sp³-hybridized carbons (Fsp3) is 0.389. The van der Waals surface area contributed by atoms with E-state index in [0.717, 1.165) is 37.7 Å². The van der Waals surface area contributed by atoms with Crippen LogP contribution in [0.2, 0.25) is 5.02 Å². The fourth-order valence-corrected chi connectivity index (χ4v) is 3.09. The summed E-state index contributed by atoms with van der Waals surface area (Å²) >= 11 is 5.84. The van der Waals surface area contributed by atoms with E-state index in [4.69, 9.17) is 16.3 Å². The van der Waals surface area contributed by atoms with Crippen LogP contribution in [0, 0.1) is 0 Å². The quantitative estimate of drug-likeness (QED) is 0.788. The summed E-state index contributed by atoms with van der Waals surface area (Å²) in [5.41, 5.74) is 0. The van der Waals surface area contributed by atoms with Gasteiger partial charge in [-0.05, 0) is 30.3 Å². The van der Waals surface area contributed by atoms with Crippen molar-refractivity contribution in [1.82, 2.24) is 0 Å². The van der Waals surface area contributed by atoms with Crippen molar-refractivity contribution in [2.24, 2.45) is 0 Å². The van der Waals surface area contributed by atoms with Gasteiger partial charge in [-0.2, -0.15) is 0 Å². The molecule has 6 heteroatoms. The molecule has 1 aromatic carbocycles. The first-order chi connectivity index (χ1) is 11.7. The van der Waals surface area contributed by atoms with Crippen LogP contribution in [0.5, 0.6) is 5.75 Å². The second kappa shape index (κ2) is 8.33. The van der Waals surface area contributed by atoms with Crippen molar-refractivity contribution in [2.75, 3.05) is 44.2 Å². The Balaban J connectivity index is 1.40. The molecule has 3 rings (SSSR count). The molecule has 1 aliphatic rings. The van der Waals surface area contributed by atoms with Gasteiger partial charge < -0.3 is 14.7 Å². The fourth-order valence-electron chi connectivity index (χ4n) is 2.96. The van der Waals surface area contributed by atoms with Gasteiger partial charge in [0, 0.05) is 11.1 Å². The van der Waals surface area contributed by atoms with E-state index in [1.807, 2.05) is 30.5 Å². The number of nitrogens with zero attached hydrogens (tertiary/aromatic N) is 1. The maximum atomic E-state index is 10.2. The standard InChI is InChI=1S/C18H22ClN3O2/c19-15-4-6-17(7-5-15)24-14-16(23)13-21-9-11-22(12-10-21)18-3-1-2-8-20-18/h1-8,16,23H,9-14H2/p+2/t16-/m0/s1. The molecule has 1 aliphatic heterocycles. The molecule has 1 aromatic heterocycles. The highest BCUT2D eigenvalue weighted by atomic mass is 35.5. The second-order valence-corrected chi connectivity index (χ2v) is 6.54. The summed E-state index contributed by atoms with van der Waals surface area (Å²) in [5, 5.41) is 10.9. The molecule has 1 atom stereocenters. The number of benzene rings is 1. The SMILES string of the molecule is O[C@H](COc1ccc(Cl)cc1)C[NH+]1CCN(c2cccc[nH+]2)CC1. The van der Waals surface area contributed by atoms with Crippen LogP contribution in [-0.4, -0.2) is 50.5 Å². The average molecular weight is 350 g/mol.